The van der Waals surface area contributed by atoms with E-state index >= 15 is 0 Å². The standard InChI is InChI=1S/C17H18N2O2/c20-13-16-8-6-15(7-9-16)12-19-17(21)18-11-10-14-4-2-1-3-5-14/h1-11,20H,12-13H2,(H2,18,19,21)/b11-10+. The van der Waals surface area contributed by atoms with Crippen molar-refractivity contribution in [2.75, 3.05) is 0 Å². The Labute approximate surface area is 124 Å². The highest BCUT2D eigenvalue weighted by molar-refractivity contribution is 5.75. The number of hydrogen-bond acceptors (Lipinski definition) is 2. The molecule has 0 radical (unpaired) electrons. The fourth-order valence-electron chi connectivity index (χ4n) is 1.77. The predicted octanol–water partition coefficient (Wildman–Crippen LogP) is 2.65. The second kappa shape index (κ2) is 7.87. The van der Waals surface area contributed by atoms with E-state index in [4.69, 9.17) is 5.11 Å². The van der Waals surface area contributed by atoms with Crippen molar-refractivity contribution in [3.05, 3.63) is 77.5 Å². The Bertz CT molecular complexity index is 592. The zero-order valence-electron chi connectivity index (χ0n) is 11.6. The van der Waals surface area contributed by atoms with E-state index in [-0.39, 0.29) is 12.6 Å². The molecule has 0 heterocycles. The van der Waals surface area contributed by atoms with Crippen LogP contribution in [0.5, 0.6) is 0 Å². The van der Waals surface area contributed by atoms with E-state index < -0.39 is 0 Å². The molecule has 0 atom stereocenters. The maximum Gasteiger partial charge on any atom is 0.319 e. The number of benzene rings is 2. The number of aliphatic hydroxyl groups excluding tert-OH is 1. The summed E-state index contributed by atoms with van der Waals surface area (Å²) in [5.41, 5.74) is 2.86. The summed E-state index contributed by atoms with van der Waals surface area (Å²) in [6.07, 6.45) is 3.44. The number of carbonyl (C=O) groups excluding carboxylic acids is 1. The molecule has 0 aliphatic heterocycles. The molecule has 0 unspecified atom stereocenters. The van der Waals surface area contributed by atoms with Gasteiger partial charge in [0.1, 0.15) is 0 Å². The lowest BCUT2D eigenvalue weighted by molar-refractivity contribution is 0.244. The Morgan fingerprint density at radius 2 is 1.67 bits per heavy atom. The predicted molar refractivity (Wildman–Crippen MR) is 83.2 cm³/mol. The normalized spacial score (nSPS) is 10.5. The minimum Gasteiger partial charge on any atom is -0.392 e. The van der Waals surface area contributed by atoms with Gasteiger partial charge in [-0.15, -0.1) is 0 Å². The smallest absolute Gasteiger partial charge is 0.319 e. The summed E-state index contributed by atoms with van der Waals surface area (Å²) >= 11 is 0. The molecule has 4 nitrogen and oxygen atoms in total. The van der Waals surface area contributed by atoms with Crippen molar-refractivity contribution < 1.29 is 9.90 Å². The van der Waals surface area contributed by atoms with Gasteiger partial charge >= 0.3 is 6.03 Å². The topological polar surface area (TPSA) is 61.4 Å². The van der Waals surface area contributed by atoms with E-state index in [9.17, 15) is 4.79 Å². The van der Waals surface area contributed by atoms with E-state index in [1.54, 1.807) is 6.20 Å². The molecule has 2 aromatic rings. The molecular formula is C17H18N2O2. The summed E-state index contributed by atoms with van der Waals surface area (Å²) in [6.45, 7) is 0.467. The molecule has 4 heteroatoms. The summed E-state index contributed by atoms with van der Waals surface area (Å²) < 4.78 is 0. The molecule has 0 aliphatic rings. The summed E-state index contributed by atoms with van der Waals surface area (Å²) in [6, 6.07) is 16.9. The average Bonchev–Trinajstić information content (AvgIpc) is 2.54. The lowest BCUT2D eigenvalue weighted by Crippen LogP contribution is -2.31. The van der Waals surface area contributed by atoms with E-state index in [0.717, 1.165) is 16.7 Å². The summed E-state index contributed by atoms with van der Waals surface area (Å²) in [5, 5.41) is 14.4. The van der Waals surface area contributed by atoms with Crippen molar-refractivity contribution in [2.45, 2.75) is 13.2 Å². The van der Waals surface area contributed by atoms with E-state index in [2.05, 4.69) is 10.6 Å². The minimum absolute atomic E-state index is 0.0263. The first kappa shape index (κ1) is 14.8. The highest BCUT2D eigenvalue weighted by Crippen LogP contribution is 2.04. The zero-order valence-corrected chi connectivity index (χ0v) is 11.6. The molecular weight excluding hydrogens is 264 g/mol. The van der Waals surface area contributed by atoms with Crippen molar-refractivity contribution in [3.63, 3.8) is 0 Å². The monoisotopic (exact) mass is 282 g/mol. The van der Waals surface area contributed by atoms with Crippen LogP contribution in [0.2, 0.25) is 0 Å². The molecule has 0 aliphatic carbocycles. The average molecular weight is 282 g/mol. The van der Waals surface area contributed by atoms with Crippen LogP contribution in [0.3, 0.4) is 0 Å². The van der Waals surface area contributed by atoms with Crippen molar-refractivity contribution in [1.29, 1.82) is 0 Å². The third kappa shape index (κ3) is 5.12. The maximum atomic E-state index is 11.6. The number of amides is 2. The molecule has 2 amide bonds. The van der Waals surface area contributed by atoms with Gasteiger partial charge in [-0.2, -0.15) is 0 Å². The molecule has 0 saturated heterocycles. The van der Waals surface area contributed by atoms with Crippen LogP contribution in [-0.4, -0.2) is 11.1 Å². The van der Waals surface area contributed by atoms with Crippen molar-refractivity contribution in [1.82, 2.24) is 10.6 Å². The summed E-state index contributed by atoms with van der Waals surface area (Å²) in [5.74, 6) is 0. The summed E-state index contributed by atoms with van der Waals surface area (Å²) in [7, 11) is 0. The van der Waals surface area contributed by atoms with Gasteiger partial charge in [0.2, 0.25) is 0 Å². The van der Waals surface area contributed by atoms with E-state index in [1.807, 2.05) is 60.7 Å². The first-order valence-corrected chi connectivity index (χ1v) is 6.72. The number of urea groups is 1. The van der Waals surface area contributed by atoms with Crippen LogP contribution in [0, 0.1) is 0 Å². The highest BCUT2D eigenvalue weighted by atomic mass is 16.3. The number of hydrogen-bond donors (Lipinski definition) is 3. The molecule has 21 heavy (non-hydrogen) atoms. The number of aliphatic hydroxyl groups is 1. The third-order valence-electron chi connectivity index (χ3n) is 2.95. The summed E-state index contributed by atoms with van der Waals surface area (Å²) in [4.78, 5) is 11.6. The van der Waals surface area contributed by atoms with Gasteiger partial charge in [0.05, 0.1) is 6.61 Å². The first-order valence-electron chi connectivity index (χ1n) is 6.72. The Hall–Kier alpha value is -2.59. The number of nitrogens with one attached hydrogen (secondary N) is 2. The van der Waals surface area contributed by atoms with Gasteiger partial charge in [-0.25, -0.2) is 4.79 Å². The van der Waals surface area contributed by atoms with Crippen LogP contribution in [0.25, 0.3) is 6.08 Å². The Balaban J connectivity index is 1.75. The zero-order chi connectivity index (χ0) is 14.9. The SMILES string of the molecule is O=C(N/C=C/c1ccccc1)NCc1ccc(CO)cc1. The van der Waals surface area contributed by atoms with Gasteiger partial charge in [0, 0.05) is 12.7 Å². The number of rotatable bonds is 5. The van der Waals surface area contributed by atoms with Crippen LogP contribution < -0.4 is 10.6 Å². The Morgan fingerprint density at radius 1 is 1.00 bits per heavy atom. The van der Waals surface area contributed by atoms with Crippen LogP contribution in [0.4, 0.5) is 4.79 Å². The molecule has 0 aromatic heterocycles. The van der Waals surface area contributed by atoms with Gasteiger partial charge < -0.3 is 15.7 Å². The fourth-order valence-corrected chi connectivity index (χ4v) is 1.77. The van der Waals surface area contributed by atoms with E-state index in [1.165, 1.54) is 0 Å². The van der Waals surface area contributed by atoms with Crippen LogP contribution in [-0.2, 0) is 13.2 Å². The van der Waals surface area contributed by atoms with Crippen molar-refractivity contribution in [3.8, 4) is 0 Å². The molecule has 0 spiro atoms. The van der Waals surface area contributed by atoms with Crippen LogP contribution >= 0.6 is 0 Å². The molecule has 108 valence electrons. The molecule has 2 rings (SSSR count). The van der Waals surface area contributed by atoms with Gasteiger partial charge in [-0.3, -0.25) is 0 Å². The van der Waals surface area contributed by atoms with Crippen LogP contribution in [0.1, 0.15) is 16.7 Å². The van der Waals surface area contributed by atoms with Crippen molar-refractivity contribution >= 4 is 12.1 Å². The first-order chi connectivity index (χ1) is 10.3. The lowest BCUT2D eigenvalue weighted by Gasteiger charge is -2.05. The fraction of sp³-hybridized carbons (Fsp3) is 0.118. The van der Waals surface area contributed by atoms with Crippen molar-refractivity contribution in [2.24, 2.45) is 0 Å². The lowest BCUT2D eigenvalue weighted by atomic mass is 10.1. The second-order valence-corrected chi connectivity index (χ2v) is 4.55. The Kier molecular flexibility index (Phi) is 5.55. The minimum atomic E-state index is -0.256. The molecule has 3 N–H and O–H groups in total. The quantitative estimate of drug-likeness (QED) is 0.789. The van der Waals surface area contributed by atoms with Gasteiger partial charge in [-0.05, 0) is 22.8 Å². The van der Waals surface area contributed by atoms with Crippen LogP contribution in [0.15, 0.2) is 60.8 Å². The molecule has 0 saturated carbocycles. The molecule has 2 aromatic carbocycles. The molecule has 0 fully saturated rings. The Morgan fingerprint density at radius 3 is 2.33 bits per heavy atom. The van der Waals surface area contributed by atoms with Gasteiger partial charge in [0.25, 0.3) is 0 Å². The maximum absolute atomic E-state index is 11.6. The van der Waals surface area contributed by atoms with Gasteiger partial charge in [-0.1, -0.05) is 54.6 Å². The van der Waals surface area contributed by atoms with Gasteiger partial charge in [0.15, 0.2) is 0 Å². The largest absolute Gasteiger partial charge is 0.392 e. The molecule has 0 bridgehead atoms. The third-order valence-corrected chi connectivity index (χ3v) is 2.95. The highest BCUT2D eigenvalue weighted by Gasteiger charge is 1.98. The number of carbonyl (C=O) groups is 1. The second-order valence-electron chi connectivity index (χ2n) is 4.55. The van der Waals surface area contributed by atoms with E-state index in [0.29, 0.717) is 6.54 Å².